The van der Waals surface area contributed by atoms with Crippen LogP contribution in [0.4, 0.5) is 0 Å². The lowest BCUT2D eigenvalue weighted by molar-refractivity contribution is -0.153. The number of amides is 3. The second kappa shape index (κ2) is 9.17. The molecule has 8 heteroatoms. The number of imide groups is 1. The Morgan fingerprint density at radius 3 is 2.26 bits per heavy atom. The van der Waals surface area contributed by atoms with E-state index in [1.807, 2.05) is 18.2 Å². The number of hydrogen-bond donors (Lipinski definition) is 1. The molecule has 0 unspecified atom stereocenters. The molecule has 5 rings (SSSR count). The van der Waals surface area contributed by atoms with E-state index in [-0.39, 0.29) is 24.3 Å². The highest BCUT2D eigenvalue weighted by atomic mass is 16.5. The van der Waals surface area contributed by atoms with Crippen LogP contribution in [0.1, 0.15) is 63.6 Å². The highest BCUT2D eigenvalue weighted by Crippen LogP contribution is 2.40. The van der Waals surface area contributed by atoms with Crippen LogP contribution in [0.25, 0.3) is 0 Å². The molecule has 3 amide bonds. The molecule has 2 aliphatic heterocycles. The summed E-state index contributed by atoms with van der Waals surface area (Å²) < 4.78 is 5.56. The van der Waals surface area contributed by atoms with Crippen LogP contribution >= 0.6 is 0 Å². The Morgan fingerprint density at radius 1 is 0.971 bits per heavy atom. The average molecular weight is 477 g/mol. The molecule has 1 N–H and O–H groups in total. The molecule has 2 aromatic rings. The lowest BCUT2D eigenvalue weighted by atomic mass is 9.77. The number of nitrogens with zero attached hydrogens (tertiary/aromatic N) is 2. The SMILES string of the molecule is COc1cccc2c1CCN(C(=O)[C@H]1CCCC[C@H]1C(=O)O)[C@H]2CN1C(=O)c2ccccc2C1=O. The number of carbonyl (C=O) groups is 4. The molecule has 3 aliphatic rings. The fourth-order valence-corrected chi connectivity index (χ4v) is 5.88. The van der Waals surface area contributed by atoms with Crippen LogP contribution in [0, 0.1) is 11.8 Å². The second-order valence-electron chi connectivity index (χ2n) is 9.43. The fourth-order valence-electron chi connectivity index (χ4n) is 5.88. The quantitative estimate of drug-likeness (QED) is 0.664. The van der Waals surface area contributed by atoms with E-state index in [1.165, 1.54) is 4.90 Å². The van der Waals surface area contributed by atoms with E-state index in [0.29, 0.717) is 42.7 Å². The first-order chi connectivity index (χ1) is 16.9. The molecule has 182 valence electrons. The molecular formula is C27H28N2O6. The summed E-state index contributed by atoms with van der Waals surface area (Å²) >= 11 is 0. The number of carboxylic acid groups (broad SMARTS) is 1. The summed E-state index contributed by atoms with van der Waals surface area (Å²) in [7, 11) is 1.59. The van der Waals surface area contributed by atoms with Gasteiger partial charge >= 0.3 is 5.97 Å². The van der Waals surface area contributed by atoms with Crippen LogP contribution in [0.3, 0.4) is 0 Å². The van der Waals surface area contributed by atoms with E-state index in [0.717, 1.165) is 24.0 Å². The minimum atomic E-state index is -0.945. The van der Waals surface area contributed by atoms with E-state index in [1.54, 1.807) is 36.3 Å². The van der Waals surface area contributed by atoms with Crippen LogP contribution in [0.2, 0.25) is 0 Å². The first-order valence-corrected chi connectivity index (χ1v) is 12.1. The summed E-state index contributed by atoms with van der Waals surface area (Å²) in [6.07, 6.45) is 3.15. The van der Waals surface area contributed by atoms with Crippen LogP contribution in [-0.4, -0.2) is 58.8 Å². The molecule has 8 nitrogen and oxygen atoms in total. The van der Waals surface area contributed by atoms with Gasteiger partial charge in [-0.05, 0) is 43.0 Å². The topological polar surface area (TPSA) is 104 Å². The molecule has 1 fully saturated rings. The summed E-state index contributed by atoms with van der Waals surface area (Å²) in [4.78, 5) is 54.9. The van der Waals surface area contributed by atoms with Crippen molar-refractivity contribution in [1.29, 1.82) is 0 Å². The molecule has 2 aromatic carbocycles. The largest absolute Gasteiger partial charge is 0.496 e. The van der Waals surface area contributed by atoms with Crippen molar-refractivity contribution in [3.8, 4) is 5.75 Å². The van der Waals surface area contributed by atoms with E-state index in [4.69, 9.17) is 4.74 Å². The predicted octanol–water partition coefficient (Wildman–Crippen LogP) is 3.31. The van der Waals surface area contributed by atoms with Gasteiger partial charge in [0.15, 0.2) is 0 Å². The Kier molecular flexibility index (Phi) is 6.05. The van der Waals surface area contributed by atoms with E-state index in [9.17, 15) is 24.3 Å². The van der Waals surface area contributed by atoms with Gasteiger partial charge in [-0.3, -0.25) is 24.1 Å². The molecule has 2 heterocycles. The highest BCUT2D eigenvalue weighted by molar-refractivity contribution is 6.21. The number of fused-ring (bicyclic) bond motifs is 2. The van der Waals surface area contributed by atoms with Crippen molar-refractivity contribution in [2.75, 3.05) is 20.2 Å². The van der Waals surface area contributed by atoms with Crippen molar-refractivity contribution >= 4 is 23.7 Å². The van der Waals surface area contributed by atoms with Crippen molar-refractivity contribution < 1.29 is 29.0 Å². The Balaban J connectivity index is 1.52. The van der Waals surface area contributed by atoms with Gasteiger partial charge < -0.3 is 14.7 Å². The van der Waals surface area contributed by atoms with Crippen LogP contribution in [0.5, 0.6) is 5.75 Å². The van der Waals surface area contributed by atoms with Crippen molar-refractivity contribution in [1.82, 2.24) is 9.80 Å². The molecule has 0 spiro atoms. The van der Waals surface area contributed by atoms with Gasteiger partial charge in [0, 0.05) is 12.1 Å². The Morgan fingerprint density at radius 2 is 1.63 bits per heavy atom. The van der Waals surface area contributed by atoms with E-state index >= 15 is 0 Å². The minimum absolute atomic E-state index is 0.00269. The predicted molar refractivity (Wildman–Crippen MR) is 126 cm³/mol. The van der Waals surface area contributed by atoms with Gasteiger partial charge in [0.25, 0.3) is 11.8 Å². The number of ether oxygens (including phenoxy) is 1. The van der Waals surface area contributed by atoms with Gasteiger partial charge in [-0.1, -0.05) is 37.1 Å². The molecule has 0 radical (unpaired) electrons. The number of carbonyl (C=O) groups excluding carboxylic acids is 3. The first-order valence-electron chi connectivity index (χ1n) is 12.1. The monoisotopic (exact) mass is 476 g/mol. The first kappa shape index (κ1) is 23.1. The summed E-state index contributed by atoms with van der Waals surface area (Å²) in [6, 6.07) is 11.7. The van der Waals surface area contributed by atoms with E-state index < -0.39 is 23.8 Å². The molecule has 3 atom stereocenters. The van der Waals surface area contributed by atoms with Gasteiger partial charge in [0.1, 0.15) is 5.75 Å². The summed E-state index contributed by atoms with van der Waals surface area (Å²) in [6.45, 7) is 0.367. The zero-order valence-electron chi connectivity index (χ0n) is 19.6. The molecule has 0 aromatic heterocycles. The number of methoxy groups -OCH3 is 1. The molecule has 35 heavy (non-hydrogen) atoms. The number of hydrogen-bond acceptors (Lipinski definition) is 5. The normalized spacial score (nSPS) is 23.6. The van der Waals surface area contributed by atoms with Crippen molar-refractivity contribution in [3.63, 3.8) is 0 Å². The third-order valence-corrected chi connectivity index (χ3v) is 7.64. The molecular weight excluding hydrogens is 448 g/mol. The molecule has 0 bridgehead atoms. The Hall–Kier alpha value is -3.68. The van der Waals surface area contributed by atoms with Gasteiger partial charge in [-0.2, -0.15) is 0 Å². The lowest BCUT2D eigenvalue weighted by Gasteiger charge is -2.42. The maximum absolute atomic E-state index is 13.8. The van der Waals surface area contributed by atoms with Crippen molar-refractivity contribution in [2.45, 2.75) is 38.1 Å². The molecule has 1 aliphatic carbocycles. The fraction of sp³-hybridized carbons (Fsp3) is 0.407. The zero-order valence-corrected chi connectivity index (χ0v) is 19.6. The van der Waals surface area contributed by atoms with E-state index in [2.05, 4.69) is 0 Å². The van der Waals surface area contributed by atoms with Crippen LogP contribution in [0.15, 0.2) is 42.5 Å². The number of rotatable bonds is 5. The van der Waals surface area contributed by atoms with Gasteiger partial charge in [0.2, 0.25) is 5.91 Å². The summed E-state index contributed by atoms with van der Waals surface area (Å²) in [5, 5.41) is 9.76. The second-order valence-corrected chi connectivity index (χ2v) is 9.43. The minimum Gasteiger partial charge on any atom is -0.496 e. The Labute approximate surface area is 203 Å². The van der Waals surface area contributed by atoms with Crippen molar-refractivity contribution in [2.24, 2.45) is 11.8 Å². The van der Waals surface area contributed by atoms with Gasteiger partial charge in [-0.15, -0.1) is 0 Å². The lowest BCUT2D eigenvalue weighted by Crippen LogP contribution is -2.50. The number of carboxylic acids is 1. The zero-order chi connectivity index (χ0) is 24.7. The maximum atomic E-state index is 13.8. The Bertz CT molecular complexity index is 1170. The van der Waals surface area contributed by atoms with Crippen LogP contribution in [-0.2, 0) is 16.0 Å². The number of benzene rings is 2. The maximum Gasteiger partial charge on any atom is 0.307 e. The third-order valence-electron chi connectivity index (χ3n) is 7.64. The standard InChI is InChI=1S/C27H28N2O6/c1-35-23-12-6-11-16-17(23)13-14-28(24(30)20-9-4-5-10-21(20)27(33)34)22(16)15-29-25(31)18-7-2-3-8-19(18)26(29)32/h2-3,6-8,11-12,20-22H,4-5,9-10,13-15H2,1H3,(H,33,34)/t20-,21+,22-/m0/s1. The number of aliphatic carboxylic acids is 1. The third kappa shape index (κ3) is 3.87. The van der Waals surface area contributed by atoms with Gasteiger partial charge in [-0.25, -0.2) is 0 Å². The average Bonchev–Trinajstić information content (AvgIpc) is 3.13. The smallest absolute Gasteiger partial charge is 0.307 e. The van der Waals surface area contributed by atoms with Crippen LogP contribution < -0.4 is 4.74 Å². The molecule has 1 saturated carbocycles. The highest BCUT2D eigenvalue weighted by Gasteiger charge is 2.44. The van der Waals surface area contributed by atoms with Gasteiger partial charge in [0.05, 0.1) is 42.7 Å². The molecule has 0 saturated heterocycles. The van der Waals surface area contributed by atoms with Crippen molar-refractivity contribution in [3.05, 3.63) is 64.7 Å². The summed E-state index contributed by atoms with van der Waals surface area (Å²) in [5.41, 5.74) is 2.48. The summed E-state index contributed by atoms with van der Waals surface area (Å²) in [5.74, 6) is -2.56.